The van der Waals surface area contributed by atoms with Gasteiger partial charge in [-0.05, 0) is 90.9 Å². The summed E-state index contributed by atoms with van der Waals surface area (Å²) in [4.78, 5) is 0. The molecule has 184 valence electrons. The van der Waals surface area contributed by atoms with E-state index in [0.29, 0.717) is 11.5 Å². The Hall–Kier alpha value is -1.80. The van der Waals surface area contributed by atoms with Crippen molar-refractivity contribution in [3.05, 3.63) is 41.0 Å². The Bertz CT molecular complexity index is 823. The van der Waals surface area contributed by atoms with Gasteiger partial charge in [-0.1, -0.05) is 23.3 Å². The Morgan fingerprint density at radius 2 is 1.42 bits per heavy atom. The van der Waals surface area contributed by atoms with Gasteiger partial charge in [0.2, 0.25) is 0 Å². The van der Waals surface area contributed by atoms with E-state index in [2.05, 4.69) is 60.6 Å². The Labute approximate surface area is 200 Å². The van der Waals surface area contributed by atoms with Crippen molar-refractivity contribution in [1.82, 2.24) is 0 Å². The van der Waals surface area contributed by atoms with Gasteiger partial charge in [-0.2, -0.15) is 0 Å². The average molecular weight is 460 g/mol. The van der Waals surface area contributed by atoms with Crippen molar-refractivity contribution in [2.24, 2.45) is 0 Å². The van der Waals surface area contributed by atoms with Crippen LogP contribution in [0.3, 0.4) is 0 Å². The molecule has 6 nitrogen and oxygen atoms in total. The van der Waals surface area contributed by atoms with Crippen molar-refractivity contribution in [1.29, 1.82) is 0 Å². The summed E-state index contributed by atoms with van der Waals surface area (Å²) in [6.45, 7) is 14.9. The molecule has 0 aliphatic carbocycles. The lowest BCUT2D eigenvalue weighted by Gasteiger charge is -2.32. The summed E-state index contributed by atoms with van der Waals surface area (Å²) in [7, 11) is 2.67. The molecule has 2 rings (SSSR count). The molecule has 0 atom stereocenters. The van der Waals surface area contributed by atoms with Crippen LogP contribution in [0, 0.1) is 0 Å². The van der Waals surface area contributed by atoms with Gasteiger partial charge >= 0.3 is 7.12 Å². The van der Waals surface area contributed by atoms with E-state index in [-0.39, 0.29) is 13.6 Å². The first-order chi connectivity index (χ1) is 15.5. The van der Waals surface area contributed by atoms with Crippen molar-refractivity contribution in [3.8, 4) is 11.5 Å². The summed E-state index contributed by atoms with van der Waals surface area (Å²) in [5.41, 5.74) is 3.79. The topological polar surface area (TPSA) is 55.4 Å². The lowest BCUT2D eigenvalue weighted by atomic mass is 9.74. The van der Waals surface area contributed by atoms with Gasteiger partial charge in [-0.3, -0.25) is 0 Å². The minimum absolute atomic E-state index is 0.106. The first-order valence-corrected chi connectivity index (χ1v) is 11.6. The van der Waals surface area contributed by atoms with Gasteiger partial charge in [0.05, 0.1) is 11.2 Å². The monoisotopic (exact) mass is 460 g/mol. The fourth-order valence-electron chi connectivity index (χ4n) is 3.43. The van der Waals surface area contributed by atoms with Crippen LogP contribution in [0.4, 0.5) is 0 Å². The molecule has 0 unspecified atom stereocenters. The molecule has 1 aliphatic heterocycles. The normalized spacial score (nSPS) is 17.2. The molecule has 0 bridgehead atoms. The van der Waals surface area contributed by atoms with Crippen LogP contribution in [0.2, 0.25) is 0 Å². The highest BCUT2D eigenvalue weighted by Crippen LogP contribution is 2.38. The van der Waals surface area contributed by atoms with Gasteiger partial charge in [-0.25, -0.2) is 0 Å². The summed E-state index contributed by atoms with van der Waals surface area (Å²) in [5.74, 6) is 1.16. The van der Waals surface area contributed by atoms with E-state index in [0.717, 1.165) is 30.3 Å². The molecule has 1 aromatic rings. The third-order valence-corrected chi connectivity index (χ3v) is 6.14. The van der Waals surface area contributed by atoms with Crippen LogP contribution < -0.4 is 14.9 Å². The van der Waals surface area contributed by atoms with Gasteiger partial charge in [0.1, 0.15) is 0 Å². The van der Waals surface area contributed by atoms with Gasteiger partial charge in [-0.15, -0.1) is 0 Å². The summed E-state index contributed by atoms with van der Waals surface area (Å²) < 4.78 is 34.6. The molecule has 33 heavy (non-hydrogen) atoms. The van der Waals surface area contributed by atoms with Crippen LogP contribution in [0.5, 0.6) is 11.5 Å². The average Bonchev–Trinajstić information content (AvgIpc) is 2.95. The van der Waals surface area contributed by atoms with Crippen LogP contribution in [0.25, 0.3) is 0 Å². The quantitative estimate of drug-likeness (QED) is 0.243. The fraction of sp³-hybridized carbons (Fsp3) is 0.615. The number of ether oxygens (including phenoxy) is 4. The van der Waals surface area contributed by atoms with E-state index >= 15 is 0 Å². The van der Waals surface area contributed by atoms with Gasteiger partial charge < -0.3 is 28.3 Å². The molecule has 7 heteroatoms. The highest BCUT2D eigenvalue weighted by atomic mass is 16.7. The van der Waals surface area contributed by atoms with Gasteiger partial charge in [0.15, 0.2) is 25.1 Å². The second-order valence-corrected chi connectivity index (χ2v) is 9.76. The zero-order valence-electron chi connectivity index (χ0n) is 21.9. The third kappa shape index (κ3) is 7.61. The second kappa shape index (κ2) is 12.1. The molecule has 1 saturated heterocycles. The largest absolute Gasteiger partial charge is 0.495 e. The van der Waals surface area contributed by atoms with E-state index in [1.807, 2.05) is 12.1 Å². The summed E-state index contributed by atoms with van der Waals surface area (Å²) in [5, 5.41) is 0. The molecule has 1 aromatic carbocycles. The summed E-state index contributed by atoms with van der Waals surface area (Å²) in [6.07, 6.45) is 7.33. The van der Waals surface area contributed by atoms with Crippen LogP contribution in [-0.2, 0) is 25.2 Å². The summed E-state index contributed by atoms with van der Waals surface area (Å²) >= 11 is 0. The van der Waals surface area contributed by atoms with Crippen molar-refractivity contribution in [2.75, 3.05) is 27.8 Å². The van der Waals surface area contributed by atoms with Crippen LogP contribution >= 0.6 is 0 Å². The SMILES string of the molecule is COCOc1cc(C/C=C(\C)CCC=C(C)C)c(B2OC(C)(C)C(C)(C)O2)cc1OCOC. The highest BCUT2D eigenvalue weighted by Gasteiger charge is 2.52. The van der Waals surface area contributed by atoms with Crippen molar-refractivity contribution in [2.45, 2.75) is 78.9 Å². The maximum absolute atomic E-state index is 6.37. The van der Waals surface area contributed by atoms with Crippen molar-refractivity contribution < 1.29 is 28.3 Å². The number of rotatable bonds is 12. The van der Waals surface area contributed by atoms with E-state index in [1.54, 1.807) is 14.2 Å². The Morgan fingerprint density at radius 3 is 1.94 bits per heavy atom. The standard InChI is InChI=1S/C26H41BO6/c1-19(2)11-10-12-20(3)13-14-21-15-23(30-17-28-8)24(31-18-29-9)16-22(21)27-32-25(4,5)26(6,7)33-27/h11,13,15-16H,10,12,14,17-18H2,1-9H3/b20-13+. The Morgan fingerprint density at radius 1 is 0.879 bits per heavy atom. The molecule has 1 aliphatic rings. The molecule has 0 spiro atoms. The molecular formula is C26H41BO6. The Kier molecular flexibility index (Phi) is 10.0. The first-order valence-electron chi connectivity index (χ1n) is 11.6. The lowest BCUT2D eigenvalue weighted by Crippen LogP contribution is -2.41. The molecule has 0 saturated carbocycles. The molecule has 0 radical (unpaired) electrons. The zero-order valence-corrected chi connectivity index (χ0v) is 21.9. The third-order valence-electron chi connectivity index (χ3n) is 6.14. The summed E-state index contributed by atoms with van der Waals surface area (Å²) in [6, 6.07) is 3.93. The number of hydrogen-bond donors (Lipinski definition) is 0. The predicted molar refractivity (Wildman–Crippen MR) is 133 cm³/mol. The number of methoxy groups -OCH3 is 2. The molecule has 0 amide bonds. The van der Waals surface area contributed by atoms with E-state index in [1.165, 1.54) is 11.1 Å². The zero-order chi connectivity index (χ0) is 24.6. The maximum Gasteiger partial charge on any atom is 0.495 e. The van der Waals surface area contributed by atoms with Gasteiger partial charge in [0, 0.05) is 14.2 Å². The van der Waals surface area contributed by atoms with Crippen LogP contribution in [0.1, 0.15) is 66.9 Å². The van der Waals surface area contributed by atoms with E-state index < -0.39 is 18.3 Å². The second-order valence-electron chi connectivity index (χ2n) is 9.76. The van der Waals surface area contributed by atoms with Gasteiger partial charge in [0.25, 0.3) is 0 Å². The van der Waals surface area contributed by atoms with Crippen molar-refractivity contribution >= 4 is 12.6 Å². The van der Waals surface area contributed by atoms with E-state index in [9.17, 15) is 0 Å². The minimum atomic E-state index is -0.509. The molecule has 0 N–H and O–H groups in total. The Balaban J connectivity index is 2.42. The predicted octanol–water partition coefficient (Wildman–Crippen LogP) is 5.19. The molecule has 1 fully saturated rings. The highest BCUT2D eigenvalue weighted by molar-refractivity contribution is 6.62. The van der Waals surface area contributed by atoms with Crippen LogP contribution in [0.15, 0.2) is 35.4 Å². The molecule has 0 aromatic heterocycles. The smallest absolute Gasteiger partial charge is 0.464 e. The minimum Gasteiger partial charge on any atom is -0.464 e. The molecule has 1 heterocycles. The number of hydrogen-bond acceptors (Lipinski definition) is 6. The fourth-order valence-corrected chi connectivity index (χ4v) is 3.43. The van der Waals surface area contributed by atoms with Crippen molar-refractivity contribution in [3.63, 3.8) is 0 Å². The first kappa shape index (κ1) is 27.4. The maximum atomic E-state index is 6.37. The van der Waals surface area contributed by atoms with Crippen LogP contribution in [-0.4, -0.2) is 46.1 Å². The lowest BCUT2D eigenvalue weighted by molar-refractivity contribution is 0.00578. The van der Waals surface area contributed by atoms with E-state index in [4.69, 9.17) is 28.3 Å². The number of benzene rings is 1. The number of allylic oxidation sites excluding steroid dienone is 4. The molecular weight excluding hydrogens is 419 g/mol.